The van der Waals surface area contributed by atoms with Crippen LogP contribution in [0, 0.1) is 5.82 Å². The Balaban J connectivity index is 1.31. The molecular weight excluding hydrogens is 369 g/mol. The van der Waals surface area contributed by atoms with Crippen LogP contribution in [-0.4, -0.2) is 44.9 Å². The van der Waals surface area contributed by atoms with Gasteiger partial charge >= 0.3 is 0 Å². The zero-order chi connectivity index (χ0) is 20.2. The summed E-state index contributed by atoms with van der Waals surface area (Å²) in [4.78, 5) is 14.9. The molecule has 0 spiro atoms. The highest BCUT2D eigenvalue weighted by atomic mass is 19.1. The van der Waals surface area contributed by atoms with Crippen molar-refractivity contribution in [3.63, 3.8) is 0 Å². The number of carbonyl (C=O) groups excluding carboxylic acids is 1. The summed E-state index contributed by atoms with van der Waals surface area (Å²) < 4.78 is 15.3. The zero-order valence-electron chi connectivity index (χ0n) is 16.4. The highest BCUT2D eigenvalue weighted by molar-refractivity contribution is 5.92. The van der Waals surface area contributed by atoms with Gasteiger partial charge in [-0.3, -0.25) is 9.69 Å². The predicted molar refractivity (Wildman–Crippen MR) is 108 cm³/mol. The van der Waals surface area contributed by atoms with E-state index in [9.17, 15) is 9.18 Å². The molecule has 29 heavy (non-hydrogen) atoms. The van der Waals surface area contributed by atoms with Crippen molar-refractivity contribution in [1.29, 1.82) is 0 Å². The van der Waals surface area contributed by atoms with Gasteiger partial charge in [-0.15, -0.1) is 5.10 Å². The van der Waals surface area contributed by atoms with Crippen LogP contribution < -0.4 is 5.32 Å². The quantitative estimate of drug-likeness (QED) is 0.699. The van der Waals surface area contributed by atoms with E-state index >= 15 is 0 Å². The molecule has 1 aromatic heterocycles. The van der Waals surface area contributed by atoms with E-state index in [0.717, 1.165) is 26.1 Å². The van der Waals surface area contributed by atoms with Crippen LogP contribution in [0.15, 0.2) is 54.7 Å². The number of fused-ring (bicyclic) bond motifs is 1. The van der Waals surface area contributed by atoms with Gasteiger partial charge in [0.2, 0.25) is 0 Å². The number of hydrogen-bond acceptors (Lipinski definition) is 4. The van der Waals surface area contributed by atoms with Crippen LogP contribution in [0.2, 0.25) is 0 Å². The summed E-state index contributed by atoms with van der Waals surface area (Å²) in [6, 6.07) is 15.0. The van der Waals surface area contributed by atoms with Crippen LogP contribution in [0.25, 0.3) is 0 Å². The Morgan fingerprint density at radius 3 is 2.76 bits per heavy atom. The third kappa shape index (κ3) is 4.68. The standard InChI is InChI=1S/C22H24FN5O/c1-16(12-27-11-10-17-6-2-3-7-18(17)13-27)24-22(29)21-15-28(26-25-21)14-19-8-4-5-9-20(19)23/h2-9,15-16H,10-14H2,1H3,(H,24,29)/t16-/m1/s1. The Bertz CT molecular complexity index is 1000. The van der Waals surface area contributed by atoms with E-state index in [1.807, 2.05) is 6.92 Å². The molecule has 1 atom stereocenters. The Morgan fingerprint density at radius 1 is 1.17 bits per heavy atom. The maximum atomic E-state index is 13.8. The summed E-state index contributed by atoms with van der Waals surface area (Å²) in [6.45, 7) is 4.87. The number of rotatable bonds is 6. The second-order valence-electron chi connectivity index (χ2n) is 7.52. The minimum Gasteiger partial charge on any atom is -0.347 e. The summed E-state index contributed by atoms with van der Waals surface area (Å²) in [7, 11) is 0. The Morgan fingerprint density at radius 2 is 1.93 bits per heavy atom. The van der Waals surface area contributed by atoms with Crippen LogP contribution in [0.4, 0.5) is 4.39 Å². The van der Waals surface area contributed by atoms with Gasteiger partial charge in [0, 0.05) is 31.2 Å². The van der Waals surface area contributed by atoms with E-state index in [1.54, 1.807) is 24.4 Å². The third-order valence-corrected chi connectivity index (χ3v) is 5.18. The van der Waals surface area contributed by atoms with Gasteiger partial charge in [-0.2, -0.15) is 0 Å². The number of amides is 1. The first-order valence-corrected chi connectivity index (χ1v) is 9.82. The average molecular weight is 393 g/mol. The Kier molecular flexibility index (Phi) is 5.67. The molecule has 4 rings (SSSR count). The van der Waals surface area contributed by atoms with Crippen LogP contribution in [0.3, 0.4) is 0 Å². The molecule has 3 aromatic rings. The number of carbonyl (C=O) groups is 1. The summed E-state index contributed by atoms with van der Waals surface area (Å²) in [5, 5.41) is 10.9. The van der Waals surface area contributed by atoms with Gasteiger partial charge in [-0.05, 0) is 30.5 Å². The lowest BCUT2D eigenvalue weighted by atomic mass is 10.00. The summed E-state index contributed by atoms with van der Waals surface area (Å²) >= 11 is 0. The predicted octanol–water partition coefficient (Wildman–Crippen LogP) is 2.64. The number of hydrogen-bond donors (Lipinski definition) is 1. The number of halogens is 1. The van der Waals surface area contributed by atoms with Crippen molar-refractivity contribution in [2.45, 2.75) is 32.5 Å². The molecule has 2 aromatic carbocycles. The number of nitrogens with zero attached hydrogens (tertiary/aromatic N) is 4. The molecule has 0 bridgehead atoms. The second-order valence-corrected chi connectivity index (χ2v) is 7.52. The van der Waals surface area contributed by atoms with Gasteiger partial charge in [-0.1, -0.05) is 47.7 Å². The highest BCUT2D eigenvalue weighted by Crippen LogP contribution is 2.18. The normalized spacial score (nSPS) is 15.0. The maximum Gasteiger partial charge on any atom is 0.273 e. The number of nitrogens with one attached hydrogen (secondary N) is 1. The molecule has 1 N–H and O–H groups in total. The van der Waals surface area contributed by atoms with Gasteiger partial charge in [0.15, 0.2) is 5.69 Å². The molecule has 1 amide bonds. The van der Waals surface area contributed by atoms with Crippen LogP contribution in [-0.2, 0) is 19.5 Å². The minimum absolute atomic E-state index is 0.0236. The van der Waals surface area contributed by atoms with Gasteiger partial charge < -0.3 is 5.32 Å². The van der Waals surface area contributed by atoms with E-state index in [4.69, 9.17) is 0 Å². The van der Waals surface area contributed by atoms with Crippen molar-refractivity contribution in [3.8, 4) is 0 Å². The smallest absolute Gasteiger partial charge is 0.273 e. The van der Waals surface area contributed by atoms with E-state index in [0.29, 0.717) is 5.56 Å². The Labute approximate surface area is 169 Å². The fourth-order valence-corrected chi connectivity index (χ4v) is 3.72. The molecule has 0 saturated heterocycles. The molecule has 0 aliphatic carbocycles. The largest absolute Gasteiger partial charge is 0.347 e. The fourth-order valence-electron chi connectivity index (χ4n) is 3.72. The highest BCUT2D eigenvalue weighted by Gasteiger charge is 2.20. The zero-order valence-corrected chi connectivity index (χ0v) is 16.4. The molecule has 150 valence electrons. The van der Waals surface area contributed by atoms with Gasteiger partial charge in [0.1, 0.15) is 5.82 Å². The van der Waals surface area contributed by atoms with E-state index in [-0.39, 0.29) is 30.0 Å². The topological polar surface area (TPSA) is 63.1 Å². The third-order valence-electron chi connectivity index (χ3n) is 5.18. The van der Waals surface area contributed by atoms with Crippen molar-refractivity contribution < 1.29 is 9.18 Å². The molecule has 7 heteroatoms. The van der Waals surface area contributed by atoms with Crippen LogP contribution in [0.1, 0.15) is 34.1 Å². The number of aromatic nitrogens is 3. The molecule has 1 aliphatic heterocycles. The van der Waals surface area contributed by atoms with Gasteiger partial charge in [0.25, 0.3) is 5.91 Å². The monoisotopic (exact) mass is 393 g/mol. The molecular formula is C22H24FN5O. The molecule has 6 nitrogen and oxygen atoms in total. The fraction of sp³-hybridized carbons (Fsp3) is 0.318. The summed E-state index contributed by atoms with van der Waals surface area (Å²) in [6.07, 6.45) is 2.58. The van der Waals surface area contributed by atoms with Crippen LogP contribution in [0.5, 0.6) is 0 Å². The van der Waals surface area contributed by atoms with Gasteiger partial charge in [-0.25, -0.2) is 9.07 Å². The summed E-state index contributed by atoms with van der Waals surface area (Å²) in [5.41, 5.74) is 3.50. The first kappa shape index (κ1) is 19.3. The van der Waals surface area contributed by atoms with Gasteiger partial charge in [0.05, 0.1) is 12.7 Å². The molecule has 1 aliphatic rings. The van der Waals surface area contributed by atoms with Crippen molar-refractivity contribution in [2.75, 3.05) is 13.1 Å². The van der Waals surface area contributed by atoms with E-state index < -0.39 is 0 Å². The average Bonchev–Trinajstić information content (AvgIpc) is 3.18. The Hall–Kier alpha value is -3.06. The lowest BCUT2D eigenvalue weighted by Crippen LogP contribution is -2.43. The first-order valence-electron chi connectivity index (χ1n) is 9.82. The lowest BCUT2D eigenvalue weighted by Gasteiger charge is -2.30. The minimum atomic E-state index is -0.300. The van der Waals surface area contributed by atoms with Crippen LogP contribution >= 0.6 is 0 Å². The molecule has 2 heterocycles. The maximum absolute atomic E-state index is 13.8. The number of benzene rings is 2. The van der Waals surface area contributed by atoms with Crippen molar-refractivity contribution >= 4 is 5.91 Å². The molecule has 0 fully saturated rings. The van der Waals surface area contributed by atoms with E-state index in [1.165, 1.54) is 21.9 Å². The summed E-state index contributed by atoms with van der Waals surface area (Å²) in [5.74, 6) is -0.569. The SMILES string of the molecule is C[C@H](CN1CCc2ccccc2C1)NC(=O)c1cn(Cc2ccccc2F)nn1. The van der Waals surface area contributed by atoms with Crippen molar-refractivity contribution in [1.82, 2.24) is 25.2 Å². The molecule has 0 radical (unpaired) electrons. The lowest BCUT2D eigenvalue weighted by molar-refractivity contribution is 0.0922. The molecule has 0 saturated carbocycles. The van der Waals surface area contributed by atoms with E-state index in [2.05, 4.69) is 44.8 Å². The molecule has 0 unspecified atom stereocenters. The first-order chi connectivity index (χ1) is 14.1. The second kappa shape index (κ2) is 8.53. The van der Waals surface area contributed by atoms with Crippen molar-refractivity contribution in [2.24, 2.45) is 0 Å². The van der Waals surface area contributed by atoms with Crippen molar-refractivity contribution in [3.05, 3.63) is 82.9 Å².